The van der Waals surface area contributed by atoms with Crippen LogP contribution in [0.5, 0.6) is 0 Å². The van der Waals surface area contributed by atoms with E-state index in [1.807, 2.05) is 12.1 Å². The van der Waals surface area contributed by atoms with E-state index in [4.69, 9.17) is 4.74 Å². The molecule has 0 fully saturated rings. The second kappa shape index (κ2) is 8.49. The number of aryl methyl sites for hydroxylation is 1. The first-order valence-corrected chi connectivity index (χ1v) is 10.00. The van der Waals surface area contributed by atoms with Crippen molar-refractivity contribution < 1.29 is 14.3 Å². The molecule has 4 rings (SSSR count). The summed E-state index contributed by atoms with van der Waals surface area (Å²) in [6, 6.07) is 15.1. The number of nitrogens with zero attached hydrogens (tertiary/aromatic N) is 2. The lowest BCUT2D eigenvalue weighted by atomic mass is 9.87. The highest BCUT2D eigenvalue weighted by atomic mass is 16.5. The number of likely N-dealkylation sites (N-methyl/N-ethyl adjacent to an activating group) is 1. The Kier molecular flexibility index (Phi) is 5.61. The SMILES string of the molecule is CN(C(=O)COC(=O)Cc1n[nH]c(=O)c2ccccc12)[C@H]1CCCc2ccccc21. The first-order chi connectivity index (χ1) is 14.5. The van der Waals surface area contributed by atoms with Gasteiger partial charge in [-0.1, -0.05) is 42.5 Å². The molecule has 0 saturated carbocycles. The average Bonchev–Trinajstić information content (AvgIpc) is 2.78. The standard InChI is InChI=1S/C23H23N3O4/c1-26(20-12-6-8-15-7-2-3-9-16(15)20)21(27)14-30-22(28)13-19-17-10-4-5-11-18(17)23(29)25-24-19/h2-5,7,9-11,20H,6,8,12-14H2,1H3,(H,25,29)/t20-/m0/s1. The van der Waals surface area contributed by atoms with Gasteiger partial charge in [-0.3, -0.25) is 14.4 Å². The van der Waals surface area contributed by atoms with Gasteiger partial charge < -0.3 is 9.64 Å². The summed E-state index contributed by atoms with van der Waals surface area (Å²) >= 11 is 0. The van der Waals surface area contributed by atoms with E-state index in [0.717, 1.165) is 24.8 Å². The van der Waals surface area contributed by atoms with Gasteiger partial charge in [-0.15, -0.1) is 0 Å². The molecule has 0 bridgehead atoms. The summed E-state index contributed by atoms with van der Waals surface area (Å²) in [6.07, 6.45) is 2.80. The number of fused-ring (bicyclic) bond motifs is 2. The molecule has 0 unspecified atom stereocenters. The summed E-state index contributed by atoms with van der Waals surface area (Å²) in [4.78, 5) is 38.5. The van der Waals surface area contributed by atoms with E-state index in [1.54, 1.807) is 36.2 Å². The monoisotopic (exact) mass is 405 g/mol. The molecule has 1 N–H and O–H groups in total. The molecule has 1 atom stereocenters. The molecular weight excluding hydrogens is 382 g/mol. The van der Waals surface area contributed by atoms with Crippen molar-refractivity contribution in [1.82, 2.24) is 15.1 Å². The van der Waals surface area contributed by atoms with Crippen molar-refractivity contribution in [3.63, 3.8) is 0 Å². The maximum atomic E-state index is 12.7. The number of hydrogen-bond acceptors (Lipinski definition) is 5. The highest BCUT2D eigenvalue weighted by Crippen LogP contribution is 2.33. The van der Waals surface area contributed by atoms with Crippen molar-refractivity contribution >= 4 is 22.6 Å². The first-order valence-electron chi connectivity index (χ1n) is 10.00. The third-order valence-corrected chi connectivity index (χ3v) is 5.64. The number of esters is 1. The second-order valence-electron chi connectivity index (χ2n) is 7.49. The van der Waals surface area contributed by atoms with E-state index in [9.17, 15) is 14.4 Å². The molecule has 1 amide bonds. The maximum Gasteiger partial charge on any atom is 0.312 e. The summed E-state index contributed by atoms with van der Waals surface area (Å²) in [7, 11) is 1.75. The normalized spacial score (nSPS) is 15.4. The molecular formula is C23H23N3O4. The lowest BCUT2D eigenvalue weighted by Gasteiger charge is -2.33. The summed E-state index contributed by atoms with van der Waals surface area (Å²) in [5, 5.41) is 7.43. The van der Waals surface area contributed by atoms with Crippen LogP contribution in [0.4, 0.5) is 0 Å². The topological polar surface area (TPSA) is 92.4 Å². The van der Waals surface area contributed by atoms with E-state index in [0.29, 0.717) is 16.5 Å². The Morgan fingerprint density at radius 1 is 1.13 bits per heavy atom. The van der Waals surface area contributed by atoms with Gasteiger partial charge in [0.1, 0.15) is 0 Å². The zero-order chi connectivity index (χ0) is 21.1. The molecule has 2 aromatic carbocycles. The zero-order valence-corrected chi connectivity index (χ0v) is 16.8. The Morgan fingerprint density at radius 3 is 2.70 bits per heavy atom. The van der Waals surface area contributed by atoms with E-state index in [1.165, 1.54) is 5.56 Å². The number of H-pyrrole nitrogens is 1. The van der Waals surface area contributed by atoms with Crippen LogP contribution >= 0.6 is 0 Å². The fourth-order valence-electron chi connectivity index (χ4n) is 4.04. The molecule has 3 aromatic rings. The van der Waals surface area contributed by atoms with Crippen molar-refractivity contribution in [2.24, 2.45) is 0 Å². The fourth-order valence-corrected chi connectivity index (χ4v) is 4.04. The lowest BCUT2D eigenvalue weighted by Crippen LogP contribution is -2.36. The molecule has 0 radical (unpaired) electrons. The molecule has 154 valence electrons. The number of nitrogens with one attached hydrogen (secondary N) is 1. The summed E-state index contributed by atoms with van der Waals surface area (Å²) < 4.78 is 5.22. The third-order valence-electron chi connectivity index (χ3n) is 5.64. The molecule has 1 aliphatic rings. The van der Waals surface area contributed by atoms with E-state index in [2.05, 4.69) is 22.3 Å². The Labute approximate surface area is 173 Å². The van der Waals surface area contributed by atoms with Crippen molar-refractivity contribution in [2.75, 3.05) is 13.7 Å². The molecule has 0 saturated heterocycles. The van der Waals surface area contributed by atoms with Gasteiger partial charge in [0.05, 0.1) is 23.5 Å². The lowest BCUT2D eigenvalue weighted by molar-refractivity contribution is -0.152. The van der Waals surface area contributed by atoms with Crippen LogP contribution in [-0.2, 0) is 27.2 Å². The number of benzene rings is 2. The minimum Gasteiger partial charge on any atom is -0.455 e. The predicted molar refractivity (Wildman–Crippen MR) is 112 cm³/mol. The highest BCUT2D eigenvalue weighted by molar-refractivity contribution is 5.87. The number of carbonyl (C=O) groups is 2. The van der Waals surface area contributed by atoms with E-state index >= 15 is 0 Å². The molecule has 7 heteroatoms. The number of rotatable bonds is 5. The molecule has 7 nitrogen and oxygen atoms in total. The van der Waals surface area contributed by atoms with Crippen LogP contribution in [0.15, 0.2) is 53.3 Å². The zero-order valence-electron chi connectivity index (χ0n) is 16.8. The predicted octanol–water partition coefficient (Wildman–Crippen LogP) is 2.54. The van der Waals surface area contributed by atoms with Crippen LogP contribution in [0.1, 0.15) is 35.7 Å². The summed E-state index contributed by atoms with van der Waals surface area (Å²) in [5.41, 5.74) is 2.53. The fraction of sp³-hybridized carbons (Fsp3) is 0.304. The van der Waals surface area contributed by atoms with Gasteiger partial charge in [0, 0.05) is 12.4 Å². The van der Waals surface area contributed by atoms with E-state index < -0.39 is 5.97 Å². The quantitative estimate of drug-likeness (QED) is 0.659. The highest BCUT2D eigenvalue weighted by Gasteiger charge is 2.27. The summed E-state index contributed by atoms with van der Waals surface area (Å²) in [6.45, 7) is -0.324. The summed E-state index contributed by atoms with van der Waals surface area (Å²) in [5.74, 6) is -0.810. The number of amides is 1. The van der Waals surface area contributed by atoms with Crippen LogP contribution in [0.25, 0.3) is 10.8 Å². The number of hydrogen-bond donors (Lipinski definition) is 1. The maximum absolute atomic E-state index is 12.7. The van der Waals surface area contributed by atoms with Gasteiger partial charge >= 0.3 is 5.97 Å². The van der Waals surface area contributed by atoms with E-state index in [-0.39, 0.29) is 30.5 Å². The number of aromatic amines is 1. The second-order valence-corrected chi connectivity index (χ2v) is 7.49. The van der Waals surface area contributed by atoms with Gasteiger partial charge in [-0.05, 0) is 36.5 Å². The van der Waals surface area contributed by atoms with Gasteiger partial charge in [-0.2, -0.15) is 5.10 Å². The molecule has 1 aromatic heterocycles. The van der Waals surface area contributed by atoms with Gasteiger partial charge in [0.25, 0.3) is 11.5 Å². The van der Waals surface area contributed by atoms with Gasteiger partial charge in [0.2, 0.25) is 0 Å². The molecule has 0 aliphatic heterocycles. The van der Waals surface area contributed by atoms with Crippen LogP contribution in [0, 0.1) is 0 Å². The first kappa shape index (κ1) is 19.8. The Balaban J connectivity index is 1.40. The molecule has 1 aliphatic carbocycles. The smallest absolute Gasteiger partial charge is 0.312 e. The number of carbonyl (C=O) groups excluding carboxylic acids is 2. The minimum absolute atomic E-state index is 0.00837. The van der Waals surface area contributed by atoms with Crippen molar-refractivity contribution in [3.05, 3.63) is 75.7 Å². The molecule has 0 spiro atoms. The van der Waals surface area contributed by atoms with Crippen molar-refractivity contribution in [2.45, 2.75) is 31.7 Å². The molecule has 1 heterocycles. The minimum atomic E-state index is -0.564. The number of aromatic nitrogens is 2. The Morgan fingerprint density at radius 2 is 1.87 bits per heavy atom. The Hall–Kier alpha value is -3.48. The van der Waals surface area contributed by atoms with Gasteiger partial charge in [-0.25, -0.2) is 5.10 Å². The van der Waals surface area contributed by atoms with Crippen LogP contribution in [-0.4, -0.2) is 40.6 Å². The van der Waals surface area contributed by atoms with Crippen LogP contribution < -0.4 is 5.56 Å². The van der Waals surface area contributed by atoms with Crippen molar-refractivity contribution in [3.8, 4) is 0 Å². The average molecular weight is 405 g/mol. The van der Waals surface area contributed by atoms with Crippen molar-refractivity contribution in [1.29, 1.82) is 0 Å². The Bertz CT molecular complexity index is 1150. The van der Waals surface area contributed by atoms with Crippen LogP contribution in [0.2, 0.25) is 0 Å². The molecule has 30 heavy (non-hydrogen) atoms. The number of ether oxygens (including phenoxy) is 1. The van der Waals surface area contributed by atoms with Crippen LogP contribution in [0.3, 0.4) is 0 Å². The van der Waals surface area contributed by atoms with Gasteiger partial charge in [0.15, 0.2) is 6.61 Å². The largest absolute Gasteiger partial charge is 0.455 e. The third kappa shape index (κ3) is 3.96.